The maximum Gasteiger partial charge on any atom is 0.222 e. The Morgan fingerprint density at radius 3 is 2.78 bits per heavy atom. The van der Waals surface area contributed by atoms with Crippen LogP contribution in [0.2, 0.25) is 0 Å². The van der Waals surface area contributed by atoms with Crippen LogP contribution < -0.4 is 5.32 Å². The predicted octanol–water partition coefficient (Wildman–Crippen LogP) is 1.99. The number of rotatable bonds is 4. The Balaban J connectivity index is 1.32. The van der Waals surface area contributed by atoms with E-state index in [2.05, 4.69) is 20.2 Å². The van der Waals surface area contributed by atoms with Crippen LogP contribution in [0.25, 0.3) is 0 Å². The molecular weight excluding hydrogens is 338 g/mol. The van der Waals surface area contributed by atoms with Gasteiger partial charge in [-0.2, -0.15) is 0 Å². The summed E-state index contributed by atoms with van der Waals surface area (Å²) in [7, 11) is 0. The maximum absolute atomic E-state index is 12.5. The molecule has 1 spiro atoms. The molecule has 0 aliphatic carbocycles. The van der Waals surface area contributed by atoms with Crippen LogP contribution in [0.15, 0.2) is 12.4 Å². The highest BCUT2D eigenvalue weighted by Crippen LogP contribution is 2.40. The van der Waals surface area contributed by atoms with Crippen LogP contribution in [-0.4, -0.2) is 64.9 Å². The van der Waals surface area contributed by atoms with E-state index in [0.29, 0.717) is 18.4 Å². The lowest BCUT2D eigenvalue weighted by Crippen LogP contribution is -2.52. The zero-order chi connectivity index (χ0) is 18.7. The van der Waals surface area contributed by atoms with E-state index < -0.39 is 0 Å². The van der Waals surface area contributed by atoms with Crippen molar-refractivity contribution >= 4 is 5.91 Å². The molecule has 0 bridgehead atoms. The van der Waals surface area contributed by atoms with Gasteiger partial charge in [0.15, 0.2) is 0 Å². The third-order valence-corrected chi connectivity index (χ3v) is 6.77. The summed E-state index contributed by atoms with van der Waals surface area (Å²) < 4.78 is 0. The molecule has 0 saturated carbocycles. The molecule has 27 heavy (non-hydrogen) atoms. The number of nitrogens with one attached hydrogen (secondary N) is 1. The fourth-order valence-corrected chi connectivity index (χ4v) is 5.01. The minimum atomic E-state index is 0.277. The van der Waals surface area contributed by atoms with Gasteiger partial charge in [-0.15, -0.1) is 0 Å². The first-order valence-electron chi connectivity index (χ1n) is 10.6. The van der Waals surface area contributed by atoms with Gasteiger partial charge in [0.05, 0.1) is 24.1 Å². The maximum atomic E-state index is 12.5. The van der Waals surface area contributed by atoms with Gasteiger partial charge in [-0.25, -0.2) is 0 Å². The second-order valence-corrected chi connectivity index (χ2v) is 8.91. The molecule has 0 radical (unpaired) electrons. The van der Waals surface area contributed by atoms with Gasteiger partial charge in [0.25, 0.3) is 0 Å². The van der Waals surface area contributed by atoms with E-state index in [1.807, 2.05) is 18.0 Å². The molecule has 4 rings (SSSR count). The first-order chi connectivity index (χ1) is 13.1. The average Bonchev–Trinajstić information content (AvgIpc) is 2.69. The summed E-state index contributed by atoms with van der Waals surface area (Å²) in [5.41, 5.74) is 2.13. The number of carbonyl (C=O) groups excluding carboxylic acids is 1. The molecule has 3 aliphatic heterocycles. The van der Waals surface area contributed by atoms with Crippen LogP contribution in [0.3, 0.4) is 0 Å². The lowest BCUT2D eigenvalue weighted by molar-refractivity contribution is -0.140. The molecule has 0 aromatic carbocycles. The number of aryl methyl sites for hydroxylation is 1. The van der Waals surface area contributed by atoms with Gasteiger partial charge in [0.2, 0.25) is 5.91 Å². The quantitative estimate of drug-likeness (QED) is 0.877. The molecule has 1 N–H and O–H groups in total. The Morgan fingerprint density at radius 2 is 2.07 bits per heavy atom. The number of aromatic nitrogens is 2. The zero-order valence-corrected chi connectivity index (χ0v) is 16.6. The Bertz CT molecular complexity index is 632. The lowest BCUT2D eigenvalue weighted by Gasteiger charge is -2.48. The molecule has 1 aromatic rings. The molecule has 3 fully saturated rings. The highest BCUT2D eigenvalue weighted by atomic mass is 16.2. The van der Waals surface area contributed by atoms with Crippen molar-refractivity contribution in [1.82, 2.24) is 25.1 Å². The molecule has 4 heterocycles. The normalized spacial score (nSPS) is 26.5. The molecule has 1 aromatic heterocycles. The predicted molar refractivity (Wildman–Crippen MR) is 105 cm³/mol. The fourth-order valence-electron chi connectivity index (χ4n) is 5.01. The molecule has 1 atom stereocenters. The van der Waals surface area contributed by atoms with Gasteiger partial charge in [-0.1, -0.05) is 0 Å². The van der Waals surface area contributed by atoms with Crippen molar-refractivity contribution in [3.8, 4) is 0 Å². The van der Waals surface area contributed by atoms with E-state index in [9.17, 15) is 4.79 Å². The van der Waals surface area contributed by atoms with Gasteiger partial charge < -0.3 is 15.1 Å². The summed E-state index contributed by atoms with van der Waals surface area (Å²) in [5, 5.41) is 3.54. The van der Waals surface area contributed by atoms with Crippen molar-refractivity contribution in [2.75, 3.05) is 39.3 Å². The van der Waals surface area contributed by atoms with E-state index >= 15 is 0 Å². The van der Waals surface area contributed by atoms with E-state index in [4.69, 9.17) is 0 Å². The number of piperidine rings is 3. The topological polar surface area (TPSA) is 61.4 Å². The molecule has 6 nitrogen and oxygen atoms in total. The fraction of sp³-hybridized carbons (Fsp3) is 0.762. The van der Waals surface area contributed by atoms with Gasteiger partial charge in [-0.05, 0) is 76.5 Å². The summed E-state index contributed by atoms with van der Waals surface area (Å²) in [6.07, 6.45) is 10.5. The number of carbonyl (C=O) groups is 1. The van der Waals surface area contributed by atoms with Crippen LogP contribution in [-0.2, 0) is 11.3 Å². The Labute approximate surface area is 162 Å². The second-order valence-electron chi connectivity index (χ2n) is 8.91. The lowest BCUT2D eigenvalue weighted by atomic mass is 9.72. The van der Waals surface area contributed by atoms with Gasteiger partial charge in [-0.3, -0.25) is 14.8 Å². The monoisotopic (exact) mass is 371 g/mol. The van der Waals surface area contributed by atoms with Crippen LogP contribution in [0.4, 0.5) is 0 Å². The van der Waals surface area contributed by atoms with Crippen LogP contribution in [0.1, 0.15) is 49.9 Å². The number of likely N-dealkylation sites (tertiary alicyclic amines) is 2. The Kier molecular flexibility index (Phi) is 5.74. The number of nitrogens with zero attached hydrogens (tertiary/aromatic N) is 4. The van der Waals surface area contributed by atoms with E-state index in [-0.39, 0.29) is 5.91 Å². The minimum absolute atomic E-state index is 0.277. The van der Waals surface area contributed by atoms with Crippen molar-refractivity contribution in [3.05, 3.63) is 23.8 Å². The molecule has 6 heteroatoms. The highest BCUT2D eigenvalue weighted by Gasteiger charge is 2.41. The third-order valence-electron chi connectivity index (χ3n) is 6.77. The first-order valence-corrected chi connectivity index (χ1v) is 10.6. The molecule has 0 unspecified atom stereocenters. The van der Waals surface area contributed by atoms with Crippen LogP contribution in [0, 0.1) is 18.3 Å². The standard InChI is InChI=1S/C21H33N5O/c1-17-11-24-19(13-23-17)15-26-16-21(5-4-20(26)27)6-9-25(10-7-21)14-18-3-2-8-22-12-18/h11,13,18,22H,2-10,12,14-16H2,1H3/t18-/m0/s1. The van der Waals surface area contributed by atoms with Crippen molar-refractivity contribution in [2.24, 2.45) is 11.3 Å². The highest BCUT2D eigenvalue weighted by molar-refractivity contribution is 5.77. The minimum Gasteiger partial charge on any atom is -0.336 e. The second kappa shape index (κ2) is 8.23. The molecule has 3 saturated heterocycles. The van der Waals surface area contributed by atoms with Gasteiger partial charge >= 0.3 is 0 Å². The zero-order valence-electron chi connectivity index (χ0n) is 16.6. The van der Waals surface area contributed by atoms with Crippen molar-refractivity contribution in [1.29, 1.82) is 0 Å². The summed E-state index contributed by atoms with van der Waals surface area (Å²) in [6, 6.07) is 0. The smallest absolute Gasteiger partial charge is 0.222 e. The SMILES string of the molecule is Cc1cnc(CN2CC3(CCC2=O)CCN(C[C@H]2CCCNC2)CC3)cn1. The number of hydrogen-bond donors (Lipinski definition) is 1. The van der Waals surface area contributed by atoms with Crippen molar-refractivity contribution in [3.63, 3.8) is 0 Å². The van der Waals surface area contributed by atoms with Crippen LogP contribution in [0.5, 0.6) is 0 Å². The van der Waals surface area contributed by atoms with Crippen molar-refractivity contribution < 1.29 is 4.79 Å². The van der Waals surface area contributed by atoms with Gasteiger partial charge in [0, 0.05) is 25.7 Å². The Hall–Kier alpha value is -1.53. The molecule has 1 amide bonds. The molecular formula is C21H33N5O. The van der Waals surface area contributed by atoms with Gasteiger partial charge in [0.1, 0.15) is 0 Å². The summed E-state index contributed by atoms with van der Waals surface area (Å²) in [4.78, 5) is 25.9. The Morgan fingerprint density at radius 1 is 1.22 bits per heavy atom. The first kappa shape index (κ1) is 18.8. The molecule has 3 aliphatic rings. The van der Waals surface area contributed by atoms with Crippen molar-refractivity contribution in [2.45, 2.75) is 52.0 Å². The van der Waals surface area contributed by atoms with E-state index in [0.717, 1.165) is 30.3 Å². The van der Waals surface area contributed by atoms with Crippen LogP contribution >= 0.6 is 0 Å². The average molecular weight is 372 g/mol. The number of hydrogen-bond acceptors (Lipinski definition) is 5. The number of amides is 1. The van der Waals surface area contributed by atoms with E-state index in [1.54, 1.807) is 6.20 Å². The summed E-state index contributed by atoms with van der Waals surface area (Å²) >= 11 is 0. The molecule has 148 valence electrons. The summed E-state index contributed by atoms with van der Waals surface area (Å²) in [5.74, 6) is 1.09. The summed E-state index contributed by atoms with van der Waals surface area (Å²) in [6.45, 7) is 9.41. The van der Waals surface area contributed by atoms with E-state index in [1.165, 1.54) is 58.4 Å². The third kappa shape index (κ3) is 4.66. The largest absolute Gasteiger partial charge is 0.336 e.